The zero-order valence-corrected chi connectivity index (χ0v) is 14.2. The molecule has 0 bridgehead atoms. The first-order valence-corrected chi connectivity index (χ1v) is 8.66. The van der Waals surface area contributed by atoms with Crippen LogP contribution in [-0.2, 0) is 0 Å². The number of aliphatic hydroxyl groups is 1. The second-order valence-corrected chi connectivity index (χ2v) is 7.38. The van der Waals surface area contributed by atoms with Gasteiger partial charge in [0.1, 0.15) is 9.88 Å². The highest BCUT2D eigenvalue weighted by atomic mass is 32.1. The van der Waals surface area contributed by atoms with Crippen molar-refractivity contribution in [2.24, 2.45) is 5.41 Å². The summed E-state index contributed by atoms with van der Waals surface area (Å²) in [5, 5.41) is 13.5. The molecule has 0 saturated heterocycles. The van der Waals surface area contributed by atoms with E-state index in [4.69, 9.17) is 0 Å². The van der Waals surface area contributed by atoms with E-state index >= 15 is 0 Å². The maximum absolute atomic E-state index is 12.6. The normalized spacial score (nSPS) is 23.9. The van der Waals surface area contributed by atoms with Crippen molar-refractivity contribution in [1.82, 2.24) is 15.3 Å². The summed E-state index contributed by atoms with van der Waals surface area (Å²) in [6.45, 7) is 3.97. The van der Waals surface area contributed by atoms with Crippen molar-refractivity contribution in [3.63, 3.8) is 0 Å². The van der Waals surface area contributed by atoms with Crippen molar-refractivity contribution < 1.29 is 9.90 Å². The molecule has 2 heterocycles. The van der Waals surface area contributed by atoms with Gasteiger partial charge >= 0.3 is 0 Å². The molecule has 6 heteroatoms. The molecule has 0 radical (unpaired) electrons. The maximum atomic E-state index is 12.6. The third kappa shape index (κ3) is 3.14. The highest BCUT2D eigenvalue weighted by Gasteiger charge is 2.39. The molecule has 0 aromatic carbocycles. The molecular formula is C17H21N3O2S. The van der Waals surface area contributed by atoms with Gasteiger partial charge in [-0.15, -0.1) is 11.3 Å². The number of nitrogens with one attached hydrogen (secondary N) is 1. The van der Waals surface area contributed by atoms with E-state index in [9.17, 15) is 9.90 Å². The molecule has 2 aromatic heterocycles. The number of nitrogens with zero attached hydrogens (tertiary/aromatic N) is 2. The molecule has 2 atom stereocenters. The number of amides is 1. The summed E-state index contributed by atoms with van der Waals surface area (Å²) in [5.74, 6) is -0.103. The first-order valence-electron chi connectivity index (χ1n) is 7.84. The Kier molecular flexibility index (Phi) is 4.46. The van der Waals surface area contributed by atoms with Crippen molar-refractivity contribution in [3.8, 4) is 10.7 Å². The fourth-order valence-electron chi connectivity index (χ4n) is 3.10. The first-order chi connectivity index (χ1) is 11.0. The largest absolute Gasteiger partial charge is 0.396 e. The van der Waals surface area contributed by atoms with Crippen molar-refractivity contribution in [3.05, 3.63) is 35.0 Å². The molecule has 0 spiro atoms. The topological polar surface area (TPSA) is 75.1 Å². The van der Waals surface area contributed by atoms with Gasteiger partial charge in [0.05, 0.1) is 18.0 Å². The lowest BCUT2D eigenvalue weighted by molar-refractivity contribution is 0.0833. The summed E-state index contributed by atoms with van der Waals surface area (Å²) in [6, 6.07) is 5.66. The van der Waals surface area contributed by atoms with Crippen LogP contribution < -0.4 is 5.32 Å². The minimum Gasteiger partial charge on any atom is -0.396 e. The molecule has 1 fully saturated rings. The summed E-state index contributed by atoms with van der Waals surface area (Å²) in [5.41, 5.74) is 1.27. The van der Waals surface area contributed by atoms with E-state index < -0.39 is 0 Å². The Morgan fingerprint density at radius 3 is 3.04 bits per heavy atom. The minimum absolute atomic E-state index is 0.0137. The smallest absolute Gasteiger partial charge is 0.263 e. The van der Waals surface area contributed by atoms with Gasteiger partial charge in [0.2, 0.25) is 0 Å². The number of pyridine rings is 1. The zero-order valence-electron chi connectivity index (χ0n) is 13.4. The molecule has 3 rings (SSSR count). The Morgan fingerprint density at radius 2 is 2.35 bits per heavy atom. The third-order valence-electron chi connectivity index (χ3n) is 4.64. The highest BCUT2D eigenvalue weighted by molar-refractivity contribution is 7.17. The lowest BCUT2D eigenvalue weighted by atomic mass is 9.86. The summed E-state index contributed by atoms with van der Waals surface area (Å²) in [6.07, 6.45) is 4.60. The van der Waals surface area contributed by atoms with Crippen LogP contribution in [0.3, 0.4) is 0 Å². The van der Waals surface area contributed by atoms with E-state index in [2.05, 4.69) is 15.3 Å². The van der Waals surface area contributed by atoms with Crippen LogP contribution in [0.1, 0.15) is 41.6 Å². The molecule has 1 saturated carbocycles. The number of aryl methyl sites for hydroxylation is 1. The standard InChI is InChI=1S/C17H21N3O2S/c1-11-14(23-16(19-11)12-6-3-4-9-18-12)15(22)20-13-7-5-8-17(13,2)10-21/h3-4,6,9,13,21H,5,7-8,10H2,1-2H3,(H,20,22). The number of carbonyl (C=O) groups excluding carboxylic acids is 1. The molecule has 0 aliphatic heterocycles. The zero-order chi connectivity index (χ0) is 16.4. The molecule has 1 aliphatic rings. The van der Waals surface area contributed by atoms with E-state index in [1.165, 1.54) is 11.3 Å². The Bertz CT molecular complexity index is 701. The number of carbonyl (C=O) groups is 1. The monoisotopic (exact) mass is 331 g/mol. The summed E-state index contributed by atoms with van der Waals surface area (Å²) < 4.78 is 0. The van der Waals surface area contributed by atoms with Gasteiger partial charge in [-0.05, 0) is 31.9 Å². The van der Waals surface area contributed by atoms with Crippen LogP contribution in [0.4, 0.5) is 0 Å². The minimum atomic E-state index is -0.224. The van der Waals surface area contributed by atoms with E-state index in [-0.39, 0.29) is 24.0 Å². The molecule has 2 aromatic rings. The van der Waals surface area contributed by atoms with Gasteiger partial charge < -0.3 is 10.4 Å². The van der Waals surface area contributed by atoms with E-state index in [1.54, 1.807) is 6.20 Å². The number of aromatic nitrogens is 2. The lowest BCUT2D eigenvalue weighted by Gasteiger charge is -2.29. The fourth-order valence-corrected chi connectivity index (χ4v) is 4.04. The molecule has 5 nitrogen and oxygen atoms in total. The van der Waals surface area contributed by atoms with Crippen LogP contribution in [0.2, 0.25) is 0 Å². The quantitative estimate of drug-likeness (QED) is 0.903. The second-order valence-electron chi connectivity index (χ2n) is 6.38. The number of thiazole rings is 1. The van der Waals surface area contributed by atoms with Crippen LogP contribution in [0, 0.1) is 12.3 Å². The number of hydrogen-bond acceptors (Lipinski definition) is 5. The third-order valence-corrected chi connectivity index (χ3v) is 5.81. The average molecular weight is 331 g/mol. The predicted octanol–water partition coefficient (Wildman–Crippen LogP) is 2.79. The Morgan fingerprint density at radius 1 is 1.52 bits per heavy atom. The summed E-state index contributed by atoms with van der Waals surface area (Å²) in [4.78, 5) is 22.0. The van der Waals surface area contributed by atoms with Gasteiger partial charge in [-0.1, -0.05) is 19.4 Å². The van der Waals surface area contributed by atoms with Gasteiger partial charge in [-0.3, -0.25) is 9.78 Å². The highest BCUT2D eigenvalue weighted by Crippen LogP contribution is 2.38. The van der Waals surface area contributed by atoms with E-state index in [1.807, 2.05) is 32.0 Å². The van der Waals surface area contributed by atoms with Crippen LogP contribution in [0.15, 0.2) is 24.4 Å². The van der Waals surface area contributed by atoms with Gasteiger partial charge in [0, 0.05) is 17.7 Å². The molecule has 23 heavy (non-hydrogen) atoms. The van der Waals surface area contributed by atoms with Gasteiger partial charge in [0.25, 0.3) is 5.91 Å². The van der Waals surface area contributed by atoms with Crippen molar-refractivity contribution in [2.75, 3.05) is 6.61 Å². The van der Waals surface area contributed by atoms with Gasteiger partial charge in [0.15, 0.2) is 0 Å². The Hall–Kier alpha value is -1.79. The predicted molar refractivity (Wildman–Crippen MR) is 90.4 cm³/mol. The second kappa shape index (κ2) is 6.37. The summed E-state index contributed by atoms with van der Waals surface area (Å²) >= 11 is 1.36. The van der Waals surface area contributed by atoms with Crippen LogP contribution >= 0.6 is 11.3 Å². The van der Waals surface area contributed by atoms with Crippen LogP contribution in [0.5, 0.6) is 0 Å². The van der Waals surface area contributed by atoms with Crippen LogP contribution in [0.25, 0.3) is 10.7 Å². The molecule has 1 amide bonds. The number of aliphatic hydroxyl groups excluding tert-OH is 1. The Labute approximate surface area is 139 Å². The van der Waals surface area contributed by atoms with E-state index in [0.717, 1.165) is 35.7 Å². The SMILES string of the molecule is Cc1nc(-c2ccccn2)sc1C(=O)NC1CCCC1(C)CO. The molecule has 2 unspecified atom stereocenters. The van der Waals surface area contributed by atoms with Crippen LogP contribution in [-0.4, -0.2) is 33.6 Å². The number of hydrogen-bond donors (Lipinski definition) is 2. The van der Waals surface area contributed by atoms with Crippen molar-refractivity contribution in [2.45, 2.75) is 39.2 Å². The van der Waals surface area contributed by atoms with E-state index in [0.29, 0.717) is 4.88 Å². The molecule has 1 aliphatic carbocycles. The molecule has 2 N–H and O–H groups in total. The van der Waals surface area contributed by atoms with Crippen molar-refractivity contribution >= 4 is 17.2 Å². The first kappa shape index (κ1) is 16.1. The van der Waals surface area contributed by atoms with Gasteiger partial charge in [-0.2, -0.15) is 0 Å². The number of rotatable bonds is 4. The maximum Gasteiger partial charge on any atom is 0.263 e. The van der Waals surface area contributed by atoms with Gasteiger partial charge in [-0.25, -0.2) is 4.98 Å². The Balaban J connectivity index is 1.79. The summed E-state index contributed by atoms with van der Waals surface area (Å²) in [7, 11) is 0. The molecule has 122 valence electrons. The fraction of sp³-hybridized carbons (Fsp3) is 0.471. The average Bonchev–Trinajstić information content (AvgIpc) is 3.12. The van der Waals surface area contributed by atoms with Crippen molar-refractivity contribution in [1.29, 1.82) is 0 Å². The molecular weight excluding hydrogens is 310 g/mol. The lowest BCUT2D eigenvalue weighted by Crippen LogP contribution is -2.44.